The van der Waals surface area contributed by atoms with Gasteiger partial charge >= 0.3 is 5.97 Å². The minimum absolute atomic E-state index is 0.252. The summed E-state index contributed by atoms with van der Waals surface area (Å²) in [4.78, 5) is 23.7. The van der Waals surface area contributed by atoms with Gasteiger partial charge in [-0.2, -0.15) is 0 Å². The highest BCUT2D eigenvalue weighted by atomic mass is 35.5. The zero-order valence-electron chi connectivity index (χ0n) is 13.6. The Morgan fingerprint density at radius 3 is 2.56 bits per heavy atom. The fraction of sp³-hybridized carbons (Fsp3) is 0.111. The SMILES string of the molecule is COC(=O)C=Cc1cc2c(cc1OC)NC(=O)c1ccc(Cl)cc1N2. The van der Waals surface area contributed by atoms with E-state index in [1.54, 1.807) is 36.4 Å². The Balaban J connectivity index is 2.08. The second-order valence-electron chi connectivity index (χ2n) is 5.27. The van der Waals surface area contributed by atoms with Gasteiger partial charge in [0.2, 0.25) is 0 Å². The highest BCUT2D eigenvalue weighted by molar-refractivity contribution is 6.31. The van der Waals surface area contributed by atoms with Crippen LogP contribution in [0.4, 0.5) is 17.1 Å². The second-order valence-corrected chi connectivity index (χ2v) is 5.70. The van der Waals surface area contributed by atoms with Crippen LogP contribution in [0, 0.1) is 0 Å². The number of rotatable bonds is 3. The van der Waals surface area contributed by atoms with Gasteiger partial charge in [-0.15, -0.1) is 0 Å². The average Bonchev–Trinajstić information content (AvgIpc) is 2.73. The van der Waals surface area contributed by atoms with Gasteiger partial charge in [0, 0.05) is 22.7 Å². The summed E-state index contributed by atoms with van der Waals surface area (Å²) >= 11 is 6.03. The fourth-order valence-corrected chi connectivity index (χ4v) is 2.66. The highest BCUT2D eigenvalue weighted by Crippen LogP contribution is 2.38. The third-order valence-corrected chi connectivity index (χ3v) is 3.95. The lowest BCUT2D eigenvalue weighted by molar-refractivity contribution is -0.134. The minimum Gasteiger partial charge on any atom is -0.496 e. The first-order chi connectivity index (χ1) is 12.0. The first kappa shape index (κ1) is 16.9. The summed E-state index contributed by atoms with van der Waals surface area (Å²) in [6, 6.07) is 8.44. The summed E-state index contributed by atoms with van der Waals surface area (Å²) in [6.07, 6.45) is 2.88. The Kier molecular flexibility index (Phi) is 4.63. The normalized spacial score (nSPS) is 12.5. The van der Waals surface area contributed by atoms with Crippen LogP contribution in [-0.2, 0) is 9.53 Å². The predicted molar refractivity (Wildman–Crippen MR) is 96.7 cm³/mol. The van der Waals surface area contributed by atoms with Crippen molar-refractivity contribution >= 4 is 46.6 Å². The molecule has 2 aromatic rings. The summed E-state index contributed by atoms with van der Waals surface area (Å²) in [5, 5.41) is 6.55. The number of esters is 1. The van der Waals surface area contributed by atoms with Crippen molar-refractivity contribution in [3.63, 3.8) is 0 Å². The van der Waals surface area contributed by atoms with Crippen molar-refractivity contribution in [1.82, 2.24) is 0 Å². The van der Waals surface area contributed by atoms with Gasteiger partial charge in [-0.05, 0) is 30.3 Å². The van der Waals surface area contributed by atoms with E-state index in [1.807, 2.05) is 0 Å². The van der Waals surface area contributed by atoms with Crippen LogP contribution in [-0.4, -0.2) is 26.1 Å². The number of methoxy groups -OCH3 is 2. The number of fused-ring (bicyclic) bond motifs is 2. The minimum atomic E-state index is -0.476. The molecule has 0 saturated heterocycles. The van der Waals surface area contributed by atoms with Crippen molar-refractivity contribution in [2.75, 3.05) is 24.9 Å². The maximum absolute atomic E-state index is 12.4. The molecule has 0 saturated carbocycles. The molecule has 0 unspecified atom stereocenters. The topological polar surface area (TPSA) is 76.7 Å². The maximum Gasteiger partial charge on any atom is 0.330 e. The van der Waals surface area contributed by atoms with Crippen molar-refractivity contribution in [2.24, 2.45) is 0 Å². The van der Waals surface area contributed by atoms with E-state index in [4.69, 9.17) is 16.3 Å². The van der Waals surface area contributed by atoms with Crippen molar-refractivity contribution in [3.05, 3.63) is 52.6 Å². The molecule has 0 aromatic heterocycles. The van der Waals surface area contributed by atoms with Crippen molar-refractivity contribution in [1.29, 1.82) is 0 Å². The van der Waals surface area contributed by atoms with Crippen LogP contribution in [0.2, 0.25) is 5.02 Å². The number of ether oxygens (including phenoxy) is 2. The van der Waals surface area contributed by atoms with Gasteiger partial charge in [0.1, 0.15) is 5.75 Å². The van der Waals surface area contributed by atoms with Crippen LogP contribution < -0.4 is 15.4 Å². The zero-order valence-corrected chi connectivity index (χ0v) is 14.3. The molecule has 1 heterocycles. The molecule has 3 rings (SSSR count). The van der Waals surface area contributed by atoms with E-state index in [9.17, 15) is 9.59 Å². The molecule has 0 bridgehead atoms. The lowest BCUT2D eigenvalue weighted by atomic mass is 10.1. The molecule has 0 atom stereocenters. The van der Waals surface area contributed by atoms with Gasteiger partial charge in [0.25, 0.3) is 5.91 Å². The molecule has 1 aliphatic heterocycles. The van der Waals surface area contributed by atoms with Gasteiger partial charge in [0.15, 0.2) is 0 Å². The van der Waals surface area contributed by atoms with Crippen LogP contribution in [0.15, 0.2) is 36.4 Å². The monoisotopic (exact) mass is 358 g/mol. The molecule has 6 nitrogen and oxygen atoms in total. The number of hydrogen-bond acceptors (Lipinski definition) is 5. The number of halogens is 1. The number of nitrogens with one attached hydrogen (secondary N) is 2. The number of anilines is 3. The molecule has 25 heavy (non-hydrogen) atoms. The number of benzene rings is 2. The number of hydrogen-bond donors (Lipinski definition) is 2. The van der Waals surface area contributed by atoms with Crippen molar-refractivity contribution < 1.29 is 19.1 Å². The van der Waals surface area contributed by atoms with Gasteiger partial charge in [-0.1, -0.05) is 11.6 Å². The zero-order chi connectivity index (χ0) is 18.0. The quantitative estimate of drug-likeness (QED) is 0.644. The van der Waals surface area contributed by atoms with Gasteiger partial charge in [-0.3, -0.25) is 4.79 Å². The van der Waals surface area contributed by atoms with E-state index in [0.29, 0.717) is 39.0 Å². The fourth-order valence-electron chi connectivity index (χ4n) is 2.49. The average molecular weight is 359 g/mol. The molecule has 128 valence electrons. The Bertz CT molecular complexity index is 893. The number of carbonyl (C=O) groups is 2. The molecule has 0 spiro atoms. The first-order valence-corrected chi connectivity index (χ1v) is 7.75. The first-order valence-electron chi connectivity index (χ1n) is 7.38. The molecule has 2 aromatic carbocycles. The van der Waals surface area contributed by atoms with E-state index in [2.05, 4.69) is 15.4 Å². The van der Waals surface area contributed by atoms with Crippen molar-refractivity contribution in [2.45, 2.75) is 0 Å². The third-order valence-electron chi connectivity index (χ3n) is 3.71. The van der Waals surface area contributed by atoms with E-state index in [0.717, 1.165) is 0 Å². The van der Waals surface area contributed by atoms with Gasteiger partial charge < -0.3 is 20.1 Å². The molecule has 1 amide bonds. The number of amides is 1. The summed E-state index contributed by atoms with van der Waals surface area (Å²) in [7, 11) is 2.82. The Morgan fingerprint density at radius 1 is 1.08 bits per heavy atom. The van der Waals surface area contributed by atoms with Gasteiger partial charge in [-0.25, -0.2) is 4.79 Å². The van der Waals surface area contributed by atoms with Crippen molar-refractivity contribution in [3.8, 4) is 5.75 Å². The molecule has 0 fully saturated rings. The van der Waals surface area contributed by atoms with Crippen LogP contribution in [0.1, 0.15) is 15.9 Å². The lowest BCUT2D eigenvalue weighted by Crippen LogP contribution is -2.10. The Morgan fingerprint density at radius 2 is 1.84 bits per heavy atom. The smallest absolute Gasteiger partial charge is 0.330 e. The Hall–Kier alpha value is -2.99. The van der Waals surface area contributed by atoms with Gasteiger partial charge in [0.05, 0.1) is 36.8 Å². The molecular formula is C18H15ClN2O4. The predicted octanol–water partition coefficient (Wildman–Crippen LogP) is 3.84. The highest BCUT2D eigenvalue weighted by Gasteiger charge is 2.20. The maximum atomic E-state index is 12.4. The van der Waals surface area contributed by atoms with Crippen LogP contribution in [0.5, 0.6) is 5.75 Å². The summed E-state index contributed by atoms with van der Waals surface area (Å²) in [6.45, 7) is 0. The van der Waals surface area contributed by atoms with Crippen LogP contribution >= 0.6 is 11.6 Å². The van der Waals surface area contributed by atoms with E-state index in [1.165, 1.54) is 20.3 Å². The molecule has 2 N–H and O–H groups in total. The largest absolute Gasteiger partial charge is 0.496 e. The summed E-state index contributed by atoms with van der Waals surface area (Å²) in [5.41, 5.74) is 2.94. The van der Waals surface area contributed by atoms with E-state index < -0.39 is 5.97 Å². The molecule has 0 radical (unpaired) electrons. The van der Waals surface area contributed by atoms with Crippen LogP contribution in [0.25, 0.3) is 6.08 Å². The number of carbonyl (C=O) groups excluding carboxylic acids is 2. The van der Waals surface area contributed by atoms with E-state index in [-0.39, 0.29) is 5.91 Å². The van der Waals surface area contributed by atoms with E-state index >= 15 is 0 Å². The molecular weight excluding hydrogens is 344 g/mol. The third kappa shape index (κ3) is 3.44. The molecule has 0 aliphatic carbocycles. The van der Waals surface area contributed by atoms with Crippen LogP contribution in [0.3, 0.4) is 0 Å². The Labute approximate surface area is 149 Å². The molecule has 1 aliphatic rings. The lowest BCUT2D eigenvalue weighted by Gasteiger charge is -2.13. The molecule has 7 heteroatoms. The summed E-state index contributed by atoms with van der Waals surface area (Å²) < 4.78 is 9.94. The summed E-state index contributed by atoms with van der Waals surface area (Å²) in [5.74, 6) is -0.224. The second kappa shape index (κ2) is 6.86. The standard InChI is InChI=1S/C18H15ClN2O4/c1-24-16-9-15-14(7-10(16)3-6-17(22)25-2)20-13-8-11(19)4-5-12(13)18(23)21-15/h3-9,20H,1-2H3,(H,21,23).